The van der Waals surface area contributed by atoms with Crippen molar-refractivity contribution < 1.29 is 13.9 Å². The Morgan fingerprint density at radius 3 is 2.58 bits per heavy atom. The van der Waals surface area contributed by atoms with E-state index in [-0.39, 0.29) is 5.69 Å². The molecule has 0 fully saturated rings. The van der Waals surface area contributed by atoms with E-state index in [0.717, 1.165) is 6.20 Å². The van der Waals surface area contributed by atoms with Gasteiger partial charge in [-0.3, -0.25) is 9.97 Å². The quantitative estimate of drug-likeness (QED) is 0.731. The molecule has 0 radical (unpaired) electrons. The summed E-state index contributed by atoms with van der Waals surface area (Å²) in [6.45, 7) is 0.631. The summed E-state index contributed by atoms with van der Waals surface area (Å²) in [6.07, 6.45) is 1.84. The van der Waals surface area contributed by atoms with Gasteiger partial charge in [-0.1, -0.05) is 0 Å². The van der Waals surface area contributed by atoms with Crippen LogP contribution in [0.4, 0.5) is 8.78 Å². The van der Waals surface area contributed by atoms with Crippen molar-refractivity contribution in [1.29, 1.82) is 0 Å². The fourth-order valence-corrected chi connectivity index (χ4v) is 0.711. The van der Waals surface area contributed by atoms with Gasteiger partial charge < -0.3 is 5.11 Å². The van der Waals surface area contributed by atoms with E-state index in [1.54, 1.807) is 0 Å². The van der Waals surface area contributed by atoms with Crippen LogP contribution in [0.5, 0.6) is 0 Å². The molecule has 1 rings (SSSR count). The molecule has 1 atom stereocenters. The SMILES string of the molecule is CC(F)(F)C(O)c1cnccn1. The number of aliphatic hydroxyl groups is 1. The standard InChI is InChI=1S/C7H8F2N2O/c1-7(8,9)6(12)5-4-10-2-3-11-5/h2-4,6,12H,1H3. The minimum absolute atomic E-state index is 0.120. The molecule has 0 aliphatic rings. The molecule has 0 saturated carbocycles. The molecule has 0 aliphatic heterocycles. The predicted octanol–water partition coefficient (Wildman–Crippen LogP) is 1.17. The minimum Gasteiger partial charge on any atom is -0.380 e. The van der Waals surface area contributed by atoms with Gasteiger partial charge in [0.1, 0.15) is 0 Å². The average Bonchev–Trinajstić information content (AvgIpc) is 2.03. The van der Waals surface area contributed by atoms with Crippen LogP contribution >= 0.6 is 0 Å². The number of halogens is 2. The smallest absolute Gasteiger partial charge is 0.276 e. The molecule has 66 valence electrons. The second-order valence-electron chi connectivity index (χ2n) is 2.49. The molecular weight excluding hydrogens is 166 g/mol. The van der Waals surface area contributed by atoms with Crippen LogP contribution in [-0.2, 0) is 0 Å². The van der Waals surface area contributed by atoms with Gasteiger partial charge in [-0.15, -0.1) is 0 Å². The first kappa shape index (κ1) is 8.99. The molecule has 1 heterocycles. The first-order valence-corrected chi connectivity index (χ1v) is 3.33. The van der Waals surface area contributed by atoms with E-state index in [4.69, 9.17) is 5.11 Å². The predicted molar refractivity (Wildman–Crippen MR) is 37.6 cm³/mol. The molecule has 3 nitrogen and oxygen atoms in total. The van der Waals surface area contributed by atoms with Gasteiger partial charge in [0.25, 0.3) is 5.92 Å². The van der Waals surface area contributed by atoms with Crippen LogP contribution in [0.25, 0.3) is 0 Å². The van der Waals surface area contributed by atoms with Gasteiger partial charge in [0.15, 0.2) is 6.10 Å². The van der Waals surface area contributed by atoms with E-state index in [9.17, 15) is 8.78 Å². The van der Waals surface area contributed by atoms with Crippen molar-refractivity contribution in [3.8, 4) is 0 Å². The molecular formula is C7H8F2N2O. The molecule has 0 aromatic carbocycles. The summed E-state index contributed by atoms with van der Waals surface area (Å²) in [4.78, 5) is 7.12. The second-order valence-corrected chi connectivity index (χ2v) is 2.49. The Morgan fingerprint density at radius 2 is 2.17 bits per heavy atom. The lowest BCUT2D eigenvalue weighted by atomic mass is 10.1. The number of hydrogen-bond acceptors (Lipinski definition) is 3. The molecule has 5 heteroatoms. The zero-order chi connectivity index (χ0) is 9.19. The number of aliphatic hydroxyl groups excluding tert-OH is 1. The highest BCUT2D eigenvalue weighted by Gasteiger charge is 2.34. The Hall–Kier alpha value is -1.10. The Kier molecular flexibility index (Phi) is 2.32. The van der Waals surface area contributed by atoms with E-state index in [2.05, 4.69) is 9.97 Å². The molecule has 0 spiro atoms. The van der Waals surface area contributed by atoms with Crippen molar-refractivity contribution in [3.05, 3.63) is 24.3 Å². The third-order valence-corrected chi connectivity index (χ3v) is 1.34. The van der Waals surface area contributed by atoms with Crippen molar-refractivity contribution in [2.75, 3.05) is 0 Å². The van der Waals surface area contributed by atoms with Crippen molar-refractivity contribution in [1.82, 2.24) is 9.97 Å². The summed E-state index contributed by atoms with van der Waals surface area (Å²) in [5, 5.41) is 9.00. The first-order chi connectivity index (χ1) is 5.52. The average molecular weight is 174 g/mol. The molecule has 0 saturated heterocycles. The monoisotopic (exact) mass is 174 g/mol. The Balaban J connectivity index is 2.86. The highest BCUT2D eigenvalue weighted by Crippen LogP contribution is 2.28. The second kappa shape index (κ2) is 3.10. The normalized spacial score (nSPS) is 14.3. The van der Waals surface area contributed by atoms with Gasteiger partial charge in [0.05, 0.1) is 11.9 Å². The van der Waals surface area contributed by atoms with Crippen molar-refractivity contribution in [2.24, 2.45) is 0 Å². The van der Waals surface area contributed by atoms with E-state index >= 15 is 0 Å². The highest BCUT2D eigenvalue weighted by atomic mass is 19.3. The van der Waals surface area contributed by atoms with Crippen LogP contribution in [-0.4, -0.2) is 21.0 Å². The van der Waals surface area contributed by atoms with Crippen molar-refractivity contribution >= 4 is 0 Å². The molecule has 1 aromatic heterocycles. The lowest BCUT2D eigenvalue weighted by molar-refractivity contribution is -0.0973. The highest BCUT2D eigenvalue weighted by molar-refractivity contribution is 5.02. The summed E-state index contributed by atoms with van der Waals surface area (Å²) in [6, 6.07) is 0. The van der Waals surface area contributed by atoms with Crippen LogP contribution in [0.3, 0.4) is 0 Å². The van der Waals surface area contributed by atoms with Gasteiger partial charge in [-0.2, -0.15) is 0 Å². The van der Waals surface area contributed by atoms with Gasteiger partial charge in [0, 0.05) is 19.3 Å². The molecule has 1 aromatic rings. The third kappa shape index (κ3) is 1.94. The lowest BCUT2D eigenvalue weighted by Crippen LogP contribution is -2.22. The topological polar surface area (TPSA) is 46.0 Å². The summed E-state index contributed by atoms with van der Waals surface area (Å²) < 4.78 is 25.0. The maximum absolute atomic E-state index is 12.5. The Labute approximate surface area is 68.1 Å². The maximum Gasteiger partial charge on any atom is 0.276 e. The van der Waals surface area contributed by atoms with Crippen molar-refractivity contribution in [2.45, 2.75) is 19.0 Å². The maximum atomic E-state index is 12.5. The van der Waals surface area contributed by atoms with Crippen LogP contribution in [0, 0.1) is 0 Å². The van der Waals surface area contributed by atoms with Crippen LogP contribution < -0.4 is 0 Å². The van der Waals surface area contributed by atoms with E-state index in [1.807, 2.05) is 0 Å². The van der Waals surface area contributed by atoms with Crippen LogP contribution in [0.1, 0.15) is 18.7 Å². The summed E-state index contributed by atoms with van der Waals surface area (Å²) in [5.41, 5.74) is -0.120. The molecule has 0 aliphatic carbocycles. The summed E-state index contributed by atoms with van der Waals surface area (Å²) >= 11 is 0. The summed E-state index contributed by atoms with van der Waals surface area (Å²) in [5.74, 6) is -3.18. The van der Waals surface area contributed by atoms with E-state index < -0.39 is 12.0 Å². The van der Waals surface area contributed by atoms with E-state index in [0.29, 0.717) is 6.92 Å². The fraction of sp³-hybridized carbons (Fsp3) is 0.429. The number of nitrogens with zero attached hydrogens (tertiary/aromatic N) is 2. The van der Waals surface area contributed by atoms with Crippen LogP contribution in [0.15, 0.2) is 18.6 Å². The first-order valence-electron chi connectivity index (χ1n) is 3.33. The molecule has 1 unspecified atom stereocenters. The largest absolute Gasteiger partial charge is 0.380 e. The number of alkyl halides is 2. The Bertz CT molecular complexity index is 247. The lowest BCUT2D eigenvalue weighted by Gasteiger charge is -2.16. The molecule has 12 heavy (non-hydrogen) atoms. The number of rotatable bonds is 2. The van der Waals surface area contributed by atoms with Gasteiger partial charge in [0.2, 0.25) is 0 Å². The third-order valence-electron chi connectivity index (χ3n) is 1.34. The number of aromatic nitrogens is 2. The minimum atomic E-state index is -3.18. The molecule has 0 bridgehead atoms. The molecule has 0 amide bonds. The summed E-state index contributed by atoms with van der Waals surface area (Å²) in [7, 11) is 0. The number of hydrogen-bond donors (Lipinski definition) is 1. The van der Waals surface area contributed by atoms with Crippen LogP contribution in [0.2, 0.25) is 0 Å². The van der Waals surface area contributed by atoms with Gasteiger partial charge in [-0.05, 0) is 0 Å². The van der Waals surface area contributed by atoms with Gasteiger partial charge >= 0.3 is 0 Å². The zero-order valence-electron chi connectivity index (χ0n) is 6.41. The zero-order valence-corrected chi connectivity index (χ0v) is 6.41. The van der Waals surface area contributed by atoms with Gasteiger partial charge in [-0.25, -0.2) is 8.78 Å². The Morgan fingerprint density at radius 1 is 1.50 bits per heavy atom. The van der Waals surface area contributed by atoms with E-state index in [1.165, 1.54) is 12.4 Å². The fourth-order valence-electron chi connectivity index (χ4n) is 0.711. The van der Waals surface area contributed by atoms with Crippen molar-refractivity contribution in [3.63, 3.8) is 0 Å². The molecule has 1 N–H and O–H groups in total.